The Hall–Kier alpha value is -3.27. The molecule has 10 heteroatoms. The van der Waals surface area contributed by atoms with Crippen molar-refractivity contribution in [1.82, 2.24) is 10.2 Å². The highest BCUT2D eigenvalue weighted by molar-refractivity contribution is 7.92. The number of sulfonamides is 1. The Morgan fingerprint density at radius 1 is 0.971 bits per heavy atom. The number of ether oxygens (including phenoxy) is 2. The zero-order valence-electron chi connectivity index (χ0n) is 21.1. The highest BCUT2D eigenvalue weighted by Gasteiger charge is 2.30. The largest absolute Gasteiger partial charge is 0.493 e. The minimum absolute atomic E-state index is 0.102. The second-order valence-electron chi connectivity index (χ2n) is 8.47. The summed E-state index contributed by atoms with van der Waals surface area (Å²) in [6.07, 6.45) is 1.54. The summed E-state index contributed by atoms with van der Waals surface area (Å²) in [7, 11) is -0.916. The summed E-state index contributed by atoms with van der Waals surface area (Å²) in [6.45, 7) is 5.09. The van der Waals surface area contributed by atoms with E-state index in [1.165, 1.54) is 25.2 Å². The van der Waals surface area contributed by atoms with Gasteiger partial charge in [0.05, 0.1) is 26.2 Å². The molecule has 0 saturated heterocycles. The lowest BCUT2D eigenvalue weighted by Gasteiger charge is -2.32. The van der Waals surface area contributed by atoms with Gasteiger partial charge in [0.2, 0.25) is 21.8 Å². The van der Waals surface area contributed by atoms with E-state index >= 15 is 0 Å². The first-order chi connectivity index (χ1) is 16.5. The van der Waals surface area contributed by atoms with Gasteiger partial charge < -0.3 is 19.7 Å². The fourth-order valence-electron chi connectivity index (χ4n) is 3.57. The molecule has 0 spiro atoms. The van der Waals surface area contributed by atoms with Crippen LogP contribution in [0.2, 0.25) is 0 Å². The molecule has 1 N–H and O–H groups in total. The van der Waals surface area contributed by atoms with Gasteiger partial charge in [-0.25, -0.2) is 8.42 Å². The molecule has 0 radical (unpaired) electrons. The maximum Gasteiger partial charge on any atom is 0.244 e. The van der Waals surface area contributed by atoms with E-state index in [2.05, 4.69) is 5.32 Å². The van der Waals surface area contributed by atoms with Gasteiger partial charge in [-0.1, -0.05) is 30.3 Å². The number of rotatable bonds is 12. The highest BCUT2D eigenvalue weighted by atomic mass is 32.2. The molecule has 0 aliphatic heterocycles. The molecular formula is C25H35N3O6S. The molecule has 2 rings (SSSR count). The number of nitrogens with zero attached hydrogens (tertiary/aromatic N) is 2. The van der Waals surface area contributed by atoms with Crippen LogP contribution in [0.15, 0.2) is 48.5 Å². The van der Waals surface area contributed by atoms with Crippen molar-refractivity contribution in [3.63, 3.8) is 0 Å². The smallest absolute Gasteiger partial charge is 0.244 e. The number of benzene rings is 2. The highest BCUT2D eigenvalue weighted by Crippen LogP contribution is 2.32. The summed E-state index contributed by atoms with van der Waals surface area (Å²) in [5.41, 5.74) is 1.25. The van der Waals surface area contributed by atoms with Crippen LogP contribution in [0, 0.1) is 0 Å². The Kier molecular flexibility index (Phi) is 9.94. The standard InChI is InChI=1S/C25H35N3O6S/c1-18(2)26-25(30)19(3)27(15-14-20-10-8-7-9-11-20)24(29)17-28(35(6,31)32)21-12-13-22(33-4)23(16-21)34-5/h7-13,16,18-19H,14-15,17H2,1-6H3,(H,26,30)/t19-/m1/s1. The second kappa shape index (κ2) is 12.4. The number of methoxy groups -OCH3 is 2. The first kappa shape index (κ1) is 28.0. The molecule has 35 heavy (non-hydrogen) atoms. The molecule has 0 fully saturated rings. The lowest BCUT2D eigenvalue weighted by molar-refractivity contribution is -0.139. The fraction of sp³-hybridized carbons (Fsp3) is 0.440. The molecule has 0 bridgehead atoms. The van der Waals surface area contributed by atoms with E-state index in [0.29, 0.717) is 17.9 Å². The van der Waals surface area contributed by atoms with Gasteiger partial charge in [-0.05, 0) is 44.9 Å². The summed E-state index contributed by atoms with van der Waals surface area (Å²) in [4.78, 5) is 27.7. The summed E-state index contributed by atoms with van der Waals surface area (Å²) in [5, 5.41) is 2.82. The van der Waals surface area contributed by atoms with Crippen molar-refractivity contribution in [1.29, 1.82) is 0 Å². The summed E-state index contributed by atoms with van der Waals surface area (Å²) in [6, 6.07) is 13.3. The van der Waals surface area contributed by atoms with E-state index in [4.69, 9.17) is 9.47 Å². The maximum atomic E-state index is 13.5. The monoisotopic (exact) mass is 505 g/mol. The topological polar surface area (TPSA) is 105 Å². The Morgan fingerprint density at radius 2 is 1.60 bits per heavy atom. The number of amides is 2. The van der Waals surface area contributed by atoms with E-state index in [0.717, 1.165) is 16.1 Å². The molecule has 0 unspecified atom stereocenters. The third kappa shape index (κ3) is 7.88. The van der Waals surface area contributed by atoms with Crippen LogP contribution in [-0.4, -0.2) is 70.8 Å². The second-order valence-corrected chi connectivity index (χ2v) is 10.4. The van der Waals surface area contributed by atoms with Crippen molar-refractivity contribution in [3.8, 4) is 11.5 Å². The fourth-order valence-corrected chi connectivity index (χ4v) is 4.41. The summed E-state index contributed by atoms with van der Waals surface area (Å²) < 4.78 is 36.9. The van der Waals surface area contributed by atoms with Gasteiger partial charge in [0.25, 0.3) is 0 Å². The molecule has 0 saturated carbocycles. The minimum Gasteiger partial charge on any atom is -0.493 e. The Labute approximate surface area is 208 Å². The van der Waals surface area contributed by atoms with Crippen LogP contribution in [0.3, 0.4) is 0 Å². The van der Waals surface area contributed by atoms with Crippen molar-refractivity contribution >= 4 is 27.5 Å². The van der Waals surface area contributed by atoms with Crippen molar-refractivity contribution in [3.05, 3.63) is 54.1 Å². The van der Waals surface area contributed by atoms with E-state index in [1.54, 1.807) is 19.1 Å². The summed E-state index contributed by atoms with van der Waals surface area (Å²) >= 11 is 0. The lowest BCUT2D eigenvalue weighted by Crippen LogP contribution is -2.53. The molecule has 1 atom stereocenters. The van der Waals surface area contributed by atoms with Crippen LogP contribution in [-0.2, 0) is 26.0 Å². The molecule has 2 aromatic rings. The molecule has 2 aromatic carbocycles. The van der Waals surface area contributed by atoms with Gasteiger partial charge in [-0.15, -0.1) is 0 Å². The third-order valence-corrected chi connectivity index (χ3v) is 6.56. The molecular weight excluding hydrogens is 470 g/mol. The number of carbonyl (C=O) groups is 2. The molecule has 0 aliphatic carbocycles. The van der Waals surface area contributed by atoms with Gasteiger partial charge in [0, 0.05) is 18.7 Å². The minimum atomic E-state index is -3.83. The first-order valence-electron chi connectivity index (χ1n) is 11.3. The normalized spacial score (nSPS) is 12.1. The molecule has 0 heterocycles. The number of anilines is 1. The third-order valence-electron chi connectivity index (χ3n) is 5.42. The zero-order chi connectivity index (χ0) is 26.2. The van der Waals surface area contributed by atoms with Gasteiger partial charge in [0.15, 0.2) is 11.5 Å². The quantitative estimate of drug-likeness (QED) is 0.475. The first-order valence-corrected chi connectivity index (χ1v) is 13.2. The van der Waals surface area contributed by atoms with Gasteiger partial charge >= 0.3 is 0 Å². The van der Waals surface area contributed by atoms with Gasteiger partial charge in [0.1, 0.15) is 12.6 Å². The van der Waals surface area contributed by atoms with Crippen LogP contribution in [0.4, 0.5) is 5.69 Å². The molecule has 192 valence electrons. The van der Waals surface area contributed by atoms with Crippen molar-refractivity contribution in [2.45, 2.75) is 39.3 Å². The molecule has 9 nitrogen and oxygen atoms in total. The number of hydrogen-bond donors (Lipinski definition) is 1. The van der Waals surface area contributed by atoms with E-state index < -0.39 is 28.5 Å². The van der Waals surface area contributed by atoms with Crippen molar-refractivity contribution in [2.75, 3.05) is 37.9 Å². The Morgan fingerprint density at radius 3 is 2.14 bits per heavy atom. The van der Waals surface area contributed by atoms with Crippen LogP contribution in [0.25, 0.3) is 0 Å². The van der Waals surface area contributed by atoms with Crippen LogP contribution in [0.5, 0.6) is 11.5 Å². The average Bonchev–Trinajstić information content (AvgIpc) is 2.81. The van der Waals surface area contributed by atoms with Crippen LogP contribution < -0.4 is 19.1 Å². The van der Waals surface area contributed by atoms with E-state index in [-0.39, 0.29) is 24.2 Å². The van der Waals surface area contributed by atoms with Crippen molar-refractivity contribution in [2.24, 2.45) is 0 Å². The molecule has 0 aliphatic rings. The predicted octanol–water partition coefficient (Wildman–Crippen LogP) is 2.45. The van der Waals surface area contributed by atoms with E-state index in [1.807, 2.05) is 44.2 Å². The average molecular weight is 506 g/mol. The number of carbonyl (C=O) groups excluding carboxylic acids is 2. The van der Waals surface area contributed by atoms with Crippen molar-refractivity contribution < 1.29 is 27.5 Å². The predicted molar refractivity (Wildman–Crippen MR) is 136 cm³/mol. The lowest BCUT2D eigenvalue weighted by atomic mass is 10.1. The van der Waals surface area contributed by atoms with Crippen LogP contribution in [0.1, 0.15) is 26.3 Å². The molecule has 2 amide bonds. The van der Waals surface area contributed by atoms with Crippen LogP contribution >= 0.6 is 0 Å². The maximum absolute atomic E-state index is 13.5. The zero-order valence-corrected chi connectivity index (χ0v) is 22.0. The van der Waals surface area contributed by atoms with E-state index in [9.17, 15) is 18.0 Å². The molecule has 0 aromatic heterocycles. The SMILES string of the molecule is COc1ccc(N(CC(=O)N(CCc2ccccc2)[C@H](C)C(=O)NC(C)C)S(C)(=O)=O)cc1OC. The van der Waals surface area contributed by atoms with Gasteiger partial charge in [-0.3, -0.25) is 13.9 Å². The Bertz CT molecular complexity index is 1110. The Balaban J connectivity index is 2.36. The van der Waals surface area contributed by atoms with Gasteiger partial charge in [-0.2, -0.15) is 0 Å². The number of hydrogen-bond acceptors (Lipinski definition) is 6. The summed E-state index contributed by atoms with van der Waals surface area (Å²) in [5.74, 6) is -0.0396. The number of nitrogens with one attached hydrogen (secondary N) is 1.